The van der Waals surface area contributed by atoms with E-state index in [1.165, 1.54) is 0 Å². The Bertz CT molecular complexity index is 219. The van der Waals surface area contributed by atoms with Crippen LogP contribution in [0, 0.1) is 0 Å². The molecule has 1 unspecified atom stereocenters. The minimum Gasteiger partial charge on any atom is -0.811 e. The molecule has 1 atom stereocenters. The Labute approximate surface area is 107 Å². The van der Waals surface area contributed by atoms with Gasteiger partial charge in [0.25, 0.3) is 0 Å². The molecular weight excluding hydrogens is 247 g/mol. The molecule has 0 aliphatic heterocycles. The zero-order valence-corrected chi connectivity index (χ0v) is 11.1. The number of hydrogen-bond acceptors (Lipinski definition) is 7. The SMILES string of the molecule is O=P([O-])([O-])CC(O)P(=O)([O-])[O-].[Mg+2].[Mg+2]. The maximum atomic E-state index is 9.83. The molecule has 0 fully saturated rings. The zero-order chi connectivity index (χ0) is 9.28. The average Bonchev–Trinajstić information content (AvgIpc) is 1.56. The van der Waals surface area contributed by atoms with E-state index >= 15 is 0 Å². The normalized spacial score (nSPS) is 13.9. The number of rotatable bonds is 3. The van der Waals surface area contributed by atoms with Gasteiger partial charge in [0, 0.05) is 6.16 Å². The molecule has 0 heterocycles. The molecule has 0 aliphatic carbocycles. The van der Waals surface area contributed by atoms with E-state index in [9.17, 15) is 28.7 Å². The van der Waals surface area contributed by atoms with Crippen LogP contribution in [0.3, 0.4) is 0 Å². The molecule has 0 saturated carbocycles. The third-order valence-corrected chi connectivity index (χ3v) is 2.75. The van der Waals surface area contributed by atoms with E-state index in [1.807, 2.05) is 0 Å². The summed E-state index contributed by atoms with van der Waals surface area (Å²) in [5.74, 6) is -2.64. The zero-order valence-electron chi connectivity index (χ0n) is 6.49. The number of aliphatic hydroxyl groups is 1. The Morgan fingerprint density at radius 2 is 1.38 bits per heavy atom. The van der Waals surface area contributed by atoms with Gasteiger partial charge in [-0.2, -0.15) is 0 Å². The molecule has 0 aromatic carbocycles. The van der Waals surface area contributed by atoms with Crippen molar-refractivity contribution in [3.63, 3.8) is 0 Å². The van der Waals surface area contributed by atoms with Gasteiger partial charge in [-0.3, -0.25) is 0 Å². The summed E-state index contributed by atoms with van der Waals surface area (Å²) in [6, 6.07) is 0. The van der Waals surface area contributed by atoms with Gasteiger partial charge in [-0.15, -0.1) is 0 Å². The molecule has 0 aromatic heterocycles. The summed E-state index contributed by atoms with van der Waals surface area (Å²) in [5.41, 5.74) is 0. The van der Waals surface area contributed by atoms with Gasteiger partial charge >= 0.3 is 46.1 Å². The van der Waals surface area contributed by atoms with Crippen LogP contribution in [0.5, 0.6) is 0 Å². The van der Waals surface area contributed by atoms with Crippen molar-refractivity contribution in [2.75, 3.05) is 6.16 Å². The summed E-state index contributed by atoms with van der Waals surface area (Å²) >= 11 is 0. The predicted octanol–water partition coefficient (Wildman–Crippen LogP) is -4.63. The number of hydrogen-bond donors (Lipinski definition) is 1. The van der Waals surface area contributed by atoms with Gasteiger partial charge in [0.1, 0.15) is 0 Å². The molecule has 0 aliphatic rings. The van der Waals surface area contributed by atoms with E-state index < -0.39 is 27.2 Å². The third-order valence-electron chi connectivity index (χ3n) is 0.752. The second-order valence-corrected chi connectivity index (χ2v) is 5.08. The van der Waals surface area contributed by atoms with E-state index in [-0.39, 0.29) is 46.1 Å². The Kier molecular flexibility index (Phi) is 11.1. The van der Waals surface area contributed by atoms with Gasteiger partial charge in [0.15, 0.2) is 0 Å². The van der Waals surface area contributed by atoms with Crippen molar-refractivity contribution in [1.82, 2.24) is 0 Å². The Morgan fingerprint density at radius 3 is 1.46 bits per heavy atom. The second kappa shape index (κ2) is 7.13. The maximum absolute atomic E-state index is 9.83. The standard InChI is InChI=1S/C2H8O7P2.2Mg/c3-2(11(7,8)9)1-10(4,5)6;;/h2-3H,1H2,(H2,4,5,6)(H2,7,8,9);;/q;2*+2/p-4. The van der Waals surface area contributed by atoms with Crippen LogP contribution in [-0.4, -0.2) is 63.2 Å². The molecule has 0 saturated heterocycles. The molecule has 68 valence electrons. The minimum atomic E-state index is -5.37. The smallest absolute Gasteiger partial charge is 0.811 e. The summed E-state index contributed by atoms with van der Waals surface area (Å²) in [7, 11) is -10.5. The minimum absolute atomic E-state index is 0. The van der Waals surface area contributed by atoms with Gasteiger partial charge in [0.2, 0.25) is 0 Å². The van der Waals surface area contributed by atoms with E-state index in [1.54, 1.807) is 0 Å². The predicted molar refractivity (Wildman–Crippen MR) is 37.6 cm³/mol. The van der Waals surface area contributed by atoms with Crippen LogP contribution in [0.1, 0.15) is 0 Å². The topological polar surface area (TPSA) is 147 Å². The first-order valence-electron chi connectivity index (χ1n) is 2.34. The van der Waals surface area contributed by atoms with Gasteiger partial charge in [0.05, 0.1) is 5.85 Å². The summed E-state index contributed by atoms with van der Waals surface area (Å²) in [4.78, 5) is 39.3. The van der Waals surface area contributed by atoms with Crippen molar-refractivity contribution in [3.05, 3.63) is 0 Å². The quantitative estimate of drug-likeness (QED) is 0.391. The number of aliphatic hydroxyl groups excluding tert-OH is 1. The largest absolute Gasteiger partial charge is 2.00 e. The molecule has 0 amide bonds. The molecule has 0 rings (SSSR count). The third kappa shape index (κ3) is 11.7. The van der Waals surface area contributed by atoms with Crippen molar-refractivity contribution in [2.24, 2.45) is 0 Å². The van der Waals surface area contributed by atoms with Crippen molar-refractivity contribution in [1.29, 1.82) is 0 Å². The fraction of sp³-hybridized carbons (Fsp3) is 1.00. The van der Waals surface area contributed by atoms with Crippen LogP contribution in [0.25, 0.3) is 0 Å². The Balaban J connectivity index is -0.000000500. The first-order valence-corrected chi connectivity index (χ1v) is 5.68. The summed E-state index contributed by atoms with van der Waals surface area (Å²) < 4.78 is 19.6. The summed E-state index contributed by atoms with van der Waals surface area (Å²) in [6.07, 6.45) is -1.57. The monoisotopic (exact) mass is 250 g/mol. The van der Waals surface area contributed by atoms with E-state index in [2.05, 4.69) is 0 Å². The Hall–Kier alpha value is 1.79. The van der Waals surface area contributed by atoms with Crippen molar-refractivity contribution >= 4 is 61.3 Å². The fourth-order valence-electron chi connectivity index (χ4n) is 0.300. The fourth-order valence-corrected chi connectivity index (χ4v) is 2.10. The molecule has 0 spiro atoms. The van der Waals surface area contributed by atoms with Crippen LogP contribution in [0.15, 0.2) is 0 Å². The van der Waals surface area contributed by atoms with Gasteiger partial charge in [-0.1, -0.05) is 7.60 Å². The van der Waals surface area contributed by atoms with Crippen LogP contribution < -0.4 is 19.6 Å². The molecule has 7 nitrogen and oxygen atoms in total. The molecule has 0 bridgehead atoms. The first-order chi connectivity index (χ1) is 4.63. The maximum Gasteiger partial charge on any atom is 2.00 e. The van der Waals surface area contributed by atoms with Crippen molar-refractivity contribution in [3.8, 4) is 0 Å². The molecule has 13 heavy (non-hydrogen) atoms. The van der Waals surface area contributed by atoms with Crippen molar-refractivity contribution in [2.45, 2.75) is 5.85 Å². The van der Waals surface area contributed by atoms with Gasteiger partial charge in [-0.25, -0.2) is 0 Å². The first kappa shape index (κ1) is 20.2. The van der Waals surface area contributed by atoms with Crippen LogP contribution >= 0.6 is 15.2 Å². The molecule has 0 aromatic rings. The van der Waals surface area contributed by atoms with E-state index in [4.69, 9.17) is 5.11 Å². The summed E-state index contributed by atoms with van der Waals surface area (Å²) in [5, 5.41) is 8.26. The van der Waals surface area contributed by atoms with Crippen molar-refractivity contribution < 1.29 is 33.8 Å². The summed E-state index contributed by atoms with van der Waals surface area (Å²) in [6.45, 7) is 0. The van der Waals surface area contributed by atoms with E-state index in [0.29, 0.717) is 0 Å². The van der Waals surface area contributed by atoms with E-state index in [0.717, 1.165) is 0 Å². The Morgan fingerprint density at radius 1 is 1.08 bits per heavy atom. The van der Waals surface area contributed by atoms with Gasteiger partial charge < -0.3 is 33.8 Å². The second-order valence-electron chi connectivity index (χ2n) is 1.81. The van der Waals surface area contributed by atoms with Crippen LogP contribution in [0.4, 0.5) is 0 Å². The van der Waals surface area contributed by atoms with Gasteiger partial charge in [-0.05, 0) is 7.60 Å². The van der Waals surface area contributed by atoms with Crippen LogP contribution in [0.2, 0.25) is 0 Å². The van der Waals surface area contributed by atoms with Crippen LogP contribution in [-0.2, 0) is 9.13 Å². The molecular formula is C2H4Mg2O7P2. The molecule has 1 N–H and O–H groups in total. The average molecular weight is 251 g/mol. The molecule has 0 radical (unpaired) electrons. The molecule has 11 heteroatoms.